The highest BCUT2D eigenvalue weighted by Gasteiger charge is 2.10. The van der Waals surface area contributed by atoms with E-state index in [0.717, 1.165) is 22.7 Å². The lowest BCUT2D eigenvalue weighted by Gasteiger charge is -2.16. The second kappa shape index (κ2) is 5.77. The Labute approximate surface area is 139 Å². The van der Waals surface area contributed by atoms with Crippen LogP contribution in [0.1, 0.15) is 24.2 Å². The molecule has 0 saturated carbocycles. The molecule has 24 heavy (non-hydrogen) atoms. The van der Waals surface area contributed by atoms with Gasteiger partial charge in [0.25, 0.3) is 0 Å². The van der Waals surface area contributed by atoms with Crippen molar-refractivity contribution in [1.82, 2.24) is 29.4 Å². The number of anilines is 1. The molecule has 7 heteroatoms. The van der Waals surface area contributed by atoms with Crippen LogP contribution in [-0.4, -0.2) is 29.4 Å². The summed E-state index contributed by atoms with van der Waals surface area (Å²) in [5.74, 6) is 0.825. The molecule has 120 valence electrons. The van der Waals surface area contributed by atoms with E-state index in [1.165, 1.54) is 11.9 Å². The molecular formula is C17H17N7. The first-order chi connectivity index (χ1) is 11.7. The lowest BCUT2D eigenvalue weighted by Crippen LogP contribution is -2.09. The summed E-state index contributed by atoms with van der Waals surface area (Å²) in [6.45, 7) is 4.09. The Hall–Kier alpha value is -3.22. The van der Waals surface area contributed by atoms with Crippen LogP contribution in [0, 0.1) is 6.92 Å². The van der Waals surface area contributed by atoms with E-state index in [0.29, 0.717) is 0 Å². The van der Waals surface area contributed by atoms with Crippen LogP contribution in [0.15, 0.2) is 55.4 Å². The summed E-state index contributed by atoms with van der Waals surface area (Å²) in [4.78, 5) is 8.42. The van der Waals surface area contributed by atoms with Gasteiger partial charge in [-0.3, -0.25) is 0 Å². The standard InChI is InChI=1S/C17H17N7/c1-12-9-16-17(19-7-8-23(16)22-12)21-13(2)14-3-5-15(6-4-14)24-11-18-10-20-24/h3-11,13H,1-2H3,(H,19,21). The van der Waals surface area contributed by atoms with Crippen LogP contribution in [0.2, 0.25) is 0 Å². The third-order valence-electron chi connectivity index (χ3n) is 3.94. The smallest absolute Gasteiger partial charge is 0.152 e. The highest BCUT2D eigenvalue weighted by Crippen LogP contribution is 2.22. The monoisotopic (exact) mass is 319 g/mol. The van der Waals surface area contributed by atoms with Crippen LogP contribution in [0.5, 0.6) is 0 Å². The van der Waals surface area contributed by atoms with E-state index < -0.39 is 0 Å². The lowest BCUT2D eigenvalue weighted by atomic mass is 10.1. The average molecular weight is 319 g/mol. The molecule has 1 N–H and O–H groups in total. The van der Waals surface area contributed by atoms with Gasteiger partial charge < -0.3 is 5.32 Å². The van der Waals surface area contributed by atoms with E-state index in [9.17, 15) is 0 Å². The van der Waals surface area contributed by atoms with Crippen molar-refractivity contribution >= 4 is 11.3 Å². The van der Waals surface area contributed by atoms with Crippen LogP contribution in [-0.2, 0) is 0 Å². The van der Waals surface area contributed by atoms with Gasteiger partial charge in [0.1, 0.15) is 18.2 Å². The number of benzene rings is 1. The predicted octanol–water partition coefficient (Wildman–Crippen LogP) is 2.79. The zero-order valence-corrected chi connectivity index (χ0v) is 13.5. The molecule has 0 spiro atoms. The molecular weight excluding hydrogens is 302 g/mol. The largest absolute Gasteiger partial charge is 0.362 e. The highest BCUT2D eigenvalue weighted by atomic mass is 15.3. The first-order valence-corrected chi connectivity index (χ1v) is 7.73. The summed E-state index contributed by atoms with van der Waals surface area (Å²) >= 11 is 0. The molecule has 1 aromatic carbocycles. The molecule has 1 unspecified atom stereocenters. The molecule has 0 bridgehead atoms. The summed E-state index contributed by atoms with van der Waals surface area (Å²) in [6.07, 6.45) is 6.81. The maximum atomic E-state index is 4.45. The summed E-state index contributed by atoms with van der Waals surface area (Å²) < 4.78 is 3.57. The van der Waals surface area contributed by atoms with Gasteiger partial charge in [-0.25, -0.2) is 19.2 Å². The van der Waals surface area contributed by atoms with E-state index in [2.05, 4.69) is 44.5 Å². The Bertz CT molecular complexity index is 954. The first-order valence-electron chi connectivity index (χ1n) is 7.73. The van der Waals surface area contributed by atoms with Crippen molar-refractivity contribution in [3.8, 4) is 5.69 Å². The number of nitrogens with one attached hydrogen (secondary N) is 1. The molecule has 7 nitrogen and oxygen atoms in total. The van der Waals surface area contributed by atoms with Gasteiger partial charge >= 0.3 is 0 Å². The van der Waals surface area contributed by atoms with Gasteiger partial charge in [-0.05, 0) is 37.6 Å². The van der Waals surface area contributed by atoms with Crippen LogP contribution in [0.25, 0.3) is 11.2 Å². The topological polar surface area (TPSA) is 72.9 Å². The SMILES string of the molecule is Cc1cc2c(NC(C)c3ccc(-n4cncn4)cc3)nccn2n1. The maximum Gasteiger partial charge on any atom is 0.152 e. The summed E-state index contributed by atoms with van der Waals surface area (Å²) in [5.41, 5.74) is 4.09. The predicted molar refractivity (Wildman–Crippen MR) is 91.1 cm³/mol. The third-order valence-corrected chi connectivity index (χ3v) is 3.94. The quantitative estimate of drug-likeness (QED) is 0.626. The third kappa shape index (κ3) is 2.60. The molecule has 4 aromatic rings. The van der Waals surface area contributed by atoms with Crippen LogP contribution < -0.4 is 5.32 Å². The van der Waals surface area contributed by atoms with E-state index in [-0.39, 0.29) is 6.04 Å². The van der Waals surface area contributed by atoms with Crippen molar-refractivity contribution < 1.29 is 0 Å². The molecule has 0 aliphatic heterocycles. The average Bonchev–Trinajstić information content (AvgIpc) is 3.24. The Kier molecular flexibility index (Phi) is 3.45. The number of rotatable bonds is 4. The van der Waals surface area contributed by atoms with Crippen molar-refractivity contribution in [3.63, 3.8) is 0 Å². The van der Waals surface area contributed by atoms with Crippen molar-refractivity contribution in [2.75, 3.05) is 5.32 Å². The minimum absolute atomic E-state index is 0.115. The molecule has 0 saturated heterocycles. The van der Waals surface area contributed by atoms with Gasteiger partial charge in [-0.2, -0.15) is 10.2 Å². The molecule has 0 radical (unpaired) electrons. The van der Waals surface area contributed by atoms with Crippen molar-refractivity contribution in [2.45, 2.75) is 19.9 Å². The van der Waals surface area contributed by atoms with Crippen LogP contribution in [0.4, 0.5) is 5.82 Å². The summed E-state index contributed by atoms with van der Waals surface area (Å²) in [7, 11) is 0. The number of nitrogens with zero attached hydrogens (tertiary/aromatic N) is 6. The van der Waals surface area contributed by atoms with Crippen LogP contribution in [0.3, 0.4) is 0 Å². The molecule has 4 rings (SSSR count). The Morgan fingerprint density at radius 2 is 2.00 bits per heavy atom. The summed E-state index contributed by atoms with van der Waals surface area (Å²) in [5, 5.41) is 12.0. The van der Waals surface area contributed by atoms with Gasteiger partial charge in [0.05, 0.1) is 17.4 Å². The fourth-order valence-corrected chi connectivity index (χ4v) is 2.70. The van der Waals surface area contributed by atoms with Crippen molar-refractivity contribution in [3.05, 3.63) is 66.6 Å². The second-order valence-electron chi connectivity index (χ2n) is 5.69. The van der Waals surface area contributed by atoms with E-state index >= 15 is 0 Å². The zero-order chi connectivity index (χ0) is 16.5. The Morgan fingerprint density at radius 1 is 1.17 bits per heavy atom. The molecule has 0 aliphatic carbocycles. The highest BCUT2D eigenvalue weighted by molar-refractivity contribution is 5.68. The second-order valence-corrected chi connectivity index (χ2v) is 5.69. The number of fused-ring (bicyclic) bond motifs is 1. The minimum Gasteiger partial charge on any atom is -0.362 e. The lowest BCUT2D eigenvalue weighted by molar-refractivity contribution is 0.853. The van der Waals surface area contributed by atoms with Crippen molar-refractivity contribution in [2.24, 2.45) is 0 Å². The van der Waals surface area contributed by atoms with Gasteiger partial charge in [0, 0.05) is 12.4 Å². The molecule has 3 heterocycles. The van der Waals surface area contributed by atoms with Gasteiger partial charge in [-0.15, -0.1) is 0 Å². The summed E-state index contributed by atoms with van der Waals surface area (Å²) in [6, 6.07) is 10.4. The van der Waals surface area contributed by atoms with E-state index in [1.807, 2.05) is 35.8 Å². The Morgan fingerprint density at radius 3 is 2.75 bits per heavy atom. The fraction of sp³-hybridized carbons (Fsp3) is 0.176. The Balaban J connectivity index is 1.58. The molecule has 0 amide bonds. The van der Waals surface area contributed by atoms with E-state index in [4.69, 9.17) is 0 Å². The first kappa shape index (κ1) is 14.4. The fourth-order valence-electron chi connectivity index (χ4n) is 2.70. The van der Waals surface area contributed by atoms with Gasteiger partial charge in [0.15, 0.2) is 5.82 Å². The van der Waals surface area contributed by atoms with Crippen molar-refractivity contribution in [1.29, 1.82) is 0 Å². The number of aromatic nitrogens is 6. The zero-order valence-electron chi connectivity index (χ0n) is 13.5. The van der Waals surface area contributed by atoms with Crippen LogP contribution >= 0.6 is 0 Å². The maximum absolute atomic E-state index is 4.45. The normalized spacial score (nSPS) is 12.4. The number of hydrogen-bond acceptors (Lipinski definition) is 5. The molecule has 0 fully saturated rings. The molecule has 1 atom stereocenters. The molecule has 3 aromatic heterocycles. The minimum atomic E-state index is 0.115. The van der Waals surface area contributed by atoms with Gasteiger partial charge in [-0.1, -0.05) is 12.1 Å². The molecule has 0 aliphatic rings. The van der Waals surface area contributed by atoms with Gasteiger partial charge in [0.2, 0.25) is 0 Å². The van der Waals surface area contributed by atoms with E-state index in [1.54, 1.807) is 17.2 Å². The number of hydrogen-bond donors (Lipinski definition) is 1. The number of aryl methyl sites for hydroxylation is 1.